The van der Waals surface area contributed by atoms with Crippen molar-refractivity contribution in [3.05, 3.63) is 95.6 Å². The maximum Gasteiger partial charge on any atom is 0.232 e. The summed E-state index contributed by atoms with van der Waals surface area (Å²) in [5, 5.41) is 3.20. The lowest BCUT2D eigenvalue weighted by atomic mass is 9.87. The number of hydrogen-bond donors (Lipinski definition) is 1. The van der Waals surface area contributed by atoms with Crippen molar-refractivity contribution >= 4 is 5.91 Å². The van der Waals surface area contributed by atoms with Crippen LogP contribution in [0.3, 0.4) is 0 Å². The molecule has 4 nitrogen and oxygen atoms in total. The van der Waals surface area contributed by atoms with Crippen molar-refractivity contribution < 1.29 is 9.53 Å². The molecule has 1 atom stereocenters. The lowest BCUT2D eigenvalue weighted by molar-refractivity contribution is -0.122. The monoisotopic (exact) mass is 386 g/mol. The summed E-state index contributed by atoms with van der Waals surface area (Å²) in [5.74, 6) is 1.14. The first kappa shape index (κ1) is 19.2. The molecule has 0 radical (unpaired) electrons. The number of hydrogen-bond acceptors (Lipinski definition) is 3. The molecular formula is C25H26N2O2. The molecule has 1 aliphatic rings. The van der Waals surface area contributed by atoms with Gasteiger partial charge in [0.1, 0.15) is 11.5 Å². The van der Waals surface area contributed by atoms with Crippen LogP contribution in [0.15, 0.2) is 78.9 Å². The van der Waals surface area contributed by atoms with Gasteiger partial charge in [-0.15, -0.1) is 0 Å². The summed E-state index contributed by atoms with van der Waals surface area (Å²) in [7, 11) is 4.11. The van der Waals surface area contributed by atoms with Gasteiger partial charge in [0, 0.05) is 23.7 Å². The predicted octanol–water partition coefficient (Wildman–Crippen LogP) is 4.21. The van der Waals surface area contributed by atoms with Gasteiger partial charge in [-0.2, -0.15) is 0 Å². The van der Waals surface area contributed by atoms with Gasteiger partial charge in [0.2, 0.25) is 5.91 Å². The molecule has 1 aliphatic heterocycles. The van der Waals surface area contributed by atoms with E-state index in [1.807, 2.05) is 54.6 Å². The molecule has 4 heteroatoms. The number of nitrogens with zero attached hydrogens (tertiary/aromatic N) is 1. The van der Waals surface area contributed by atoms with Gasteiger partial charge in [-0.3, -0.25) is 4.79 Å². The molecule has 3 aromatic carbocycles. The smallest absolute Gasteiger partial charge is 0.232 e. The average molecular weight is 386 g/mol. The Morgan fingerprint density at radius 1 is 0.897 bits per heavy atom. The molecular weight excluding hydrogens is 360 g/mol. The van der Waals surface area contributed by atoms with E-state index in [0.29, 0.717) is 6.54 Å². The molecule has 1 N–H and O–H groups in total. The summed E-state index contributed by atoms with van der Waals surface area (Å²) < 4.78 is 6.01. The quantitative estimate of drug-likeness (QED) is 0.690. The van der Waals surface area contributed by atoms with Gasteiger partial charge in [-0.05, 0) is 38.2 Å². The molecule has 0 unspecified atom stereocenters. The highest BCUT2D eigenvalue weighted by Gasteiger charge is 2.32. The zero-order valence-electron chi connectivity index (χ0n) is 16.8. The molecule has 4 rings (SSSR count). The van der Waals surface area contributed by atoms with Crippen LogP contribution >= 0.6 is 0 Å². The van der Waals surface area contributed by atoms with Gasteiger partial charge in [-0.1, -0.05) is 66.7 Å². The maximum absolute atomic E-state index is 13.3. The number of fused-ring (bicyclic) bond motifs is 2. The van der Waals surface area contributed by atoms with E-state index in [1.165, 1.54) is 5.56 Å². The van der Waals surface area contributed by atoms with Crippen molar-refractivity contribution in [3.8, 4) is 11.5 Å². The lowest BCUT2D eigenvalue weighted by Gasteiger charge is -2.29. The van der Waals surface area contributed by atoms with E-state index in [0.717, 1.165) is 29.0 Å². The number of nitrogens with one attached hydrogen (secondary N) is 1. The first-order valence-electron chi connectivity index (χ1n) is 9.97. The molecule has 1 amide bonds. The fraction of sp³-hybridized carbons (Fsp3) is 0.240. The third-order valence-corrected chi connectivity index (χ3v) is 5.50. The van der Waals surface area contributed by atoms with Crippen molar-refractivity contribution in [1.29, 1.82) is 0 Å². The number of para-hydroxylation sites is 2. The van der Waals surface area contributed by atoms with Crippen LogP contribution in [0.4, 0.5) is 0 Å². The highest BCUT2D eigenvalue weighted by Crippen LogP contribution is 2.43. The molecule has 0 saturated heterocycles. The van der Waals surface area contributed by atoms with Crippen LogP contribution < -0.4 is 10.1 Å². The predicted molar refractivity (Wildman–Crippen MR) is 115 cm³/mol. The average Bonchev–Trinajstić information content (AvgIpc) is 2.75. The first-order valence-corrected chi connectivity index (χ1v) is 9.97. The summed E-state index contributed by atoms with van der Waals surface area (Å²) in [6, 6.07) is 26.2. The lowest BCUT2D eigenvalue weighted by Crippen LogP contribution is -2.43. The summed E-state index contributed by atoms with van der Waals surface area (Å²) in [4.78, 5) is 15.5. The molecule has 0 spiro atoms. The Labute approximate surface area is 172 Å². The Morgan fingerprint density at radius 3 is 2.03 bits per heavy atom. The van der Waals surface area contributed by atoms with Gasteiger partial charge in [0.05, 0.1) is 5.92 Å². The third kappa shape index (κ3) is 4.17. The van der Waals surface area contributed by atoms with E-state index in [2.05, 4.69) is 48.6 Å². The molecule has 0 saturated carbocycles. The number of carbonyl (C=O) groups is 1. The number of rotatable bonds is 6. The Kier molecular flexibility index (Phi) is 5.63. The summed E-state index contributed by atoms with van der Waals surface area (Å²) in [6.45, 7) is 0.586. The van der Waals surface area contributed by atoms with E-state index in [-0.39, 0.29) is 17.9 Å². The van der Waals surface area contributed by atoms with E-state index in [4.69, 9.17) is 4.74 Å². The SMILES string of the molecule is CN(C)[C@@H](CNC(=O)C1c2ccccc2Oc2ccccc21)Cc1ccccc1. The fourth-order valence-electron chi connectivity index (χ4n) is 3.84. The molecule has 1 heterocycles. The zero-order valence-corrected chi connectivity index (χ0v) is 16.8. The topological polar surface area (TPSA) is 41.6 Å². The van der Waals surface area contributed by atoms with Crippen molar-refractivity contribution in [1.82, 2.24) is 10.2 Å². The number of carbonyl (C=O) groups excluding carboxylic acids is 1. The van der Waals surface area contributed by atoms with Crippen LogP contribution in [-0.2, 0) is 11.2 Å². The molecule has 3 aromatic rings. The second-order valence-electron chi connectivity index (χ2n) is 7.66. The summed E-state index contributed by atoms with van der Waals surface area (Å²) in [6.07, 6.45) is 0.884. The van der Waals surface area contributed by atoms with E-state index in [1.54, 1.807) is 0 Å². The first-order chi connectivity index (χ1) is 14.1. The van der Waals surface area contributed by atoms with Crippen molar-refractivity contribution in [2.75, 3.05) is 20.6 Å². The Morgan fingerprint density at radius 2 is 1.45 bits per heavy atom. The normalized spacial score (nSPS) is 13.9. The number of ether oxygens (including phenoxy) is 1. The number of amides is 1. The molecule has 148 valence electrons. The maximum atomic E-state index is 13.3. The molecule has 0 aliphatic carbocycles. The Balaban J connectivity index is 1.54. The third-order valence-electron chi connectivity index (χ3n) is 5.50. The van der Waals surface area contributed by atoms with Crippen molar-refractivity contribution in [2.24, 2.45) is 0 Å². The molecule has 0 aromatic heterocycles. The van der Waals surface area contributed by atoms with Gasteiger partial charge in [-0.25, -0.2) is 0 Å². The van der Waals surface area contributed by atoms with Crippen LogP contribution in [0.1, 0.15) is 22.6 Å². The minimum atomic E-state index is -0.365. The molecule has 0 fully saturated rings. The largest absolute Gasteiger partial charge is 0.457 e. The standard InChI is InChI=1S/C25H26N2O2/c1-27(2)19(16-18-10-4-3-5-11-18)17-26-25(28)24-20-12-6-8-14-22(20)29-23-15-9-7-13-21(23)24/h3-15,19,24H,16-17H2,1-2H3,(H,26,28)/t19-/m1/s1. The van der Waals surface area contributed by atoms with Crippen LogP contribution in [0.5, 0.6) is 11.5 Å². The Hall–Kier alpha value is -3.11. The van der Waals surface area contributed by atoms with Crippen molar-refractivity contribution in [3.63, 3.8) is 0 Å². The van der Waals surface area contributed by atoms with Crippen LogP contribution in [0, 0.1) is 0 Å². The van der Waals surface area contributed by atoms with E-state index in [9.17, 15) is 4.79 Å². The summed E-state index contributed by atoms with van der Waals surface area (Å²) >= 11 is 0. The Bertz CT molecular complexity index is 939. The van der Waals surface area contributed by atoms with E-state index < -0.39 is 0 Å². The highest BCUT2D eigenvalue weighted by atomic mass is 16.5. The zero-order chi connectivity index (χ0) is 20.2. The van der Waals surface area contributed by atoms with Crippen LogP contribution in [-0.4, -0.2) is 37.5 Å². The van der Waals surface area contributed by atoms with E-state index >= 15 is 0 Å². The second-order valence-corrected chi connectivity index (χ2v) is 7.66. The van der Waals surface area contributed by atoms with Gasteiger partial charge >= 0.3 is 0 Å². The minimum Gasteiger partial charge on any atom is -0.457 e. The van der Waals surface area contributed by atoms with Gasteiger partial charge in [0.25, 0.3) is 0 Å². The van der Waals surface area contributed by atoms with Crippen molar-refractivity contribution in [2.45, 2.75) is 18.4 Å². The van der Waals surface area contributed by atoms with Gasteiger partial charge in [0.15, 0.2) is 0 Å². The van der Waals surface area contributed by atoms with Gasteiger partial charge < -0.3 is 15.0 Å². The molecule has 29 heavy (non-hydrogen) atoms. The number of likely N-dealkylation sites (N-methyl/N-ethyl adjacent to an activating group) is 1. The van der Waals surface area contributed by atoms with Crippen LogP contribution in [0.2, 0.25) is 0 Å². The summed E-state index contributed by atoms with van der Waals surface area (Å²) in [5.41, 5.74) is 3.09. The molecule has 0 bridgehead atoms. The minimum absolute atomic E-state index is 0.00751. The second kappa shape index (κ2) is 8.50. The highest BCUT2D eigenvalue weighted by molar-refractivity contribution is 5.89. The fourth-order valence-corrected chi connectivity index (χ4v) is 3.84. The van der Waals surface area contributed by atoms with Crippen LogP contribution in [0.25, 0.3) is 0 Å². The number of benzene rings is 3.